The maximum absolute atomic E-state index is 11.8. The van der Waals surface area contributed by atoms with Crippen molar-refractivity contribution in [1.29, 1.82) is 0 Å². The molecule has 5 nitrogen and oxygen atoms in total. The van der Waals surface area contributed by atoms with Gasteiger partial charge in [-0.1, -0.05) is 11.6 Å². The van der Waals surface area contributed by atoms with E-state index >= 15 is 0 Å². The Kier molecular flexibility index (Phi) is 4.29. The van der Waals surface area contributed by atoms with Crippen molar-refractivity contribution in [3.05, 3.63) is 51.2 Å². The van der Waals surface area contributed by atoms with Crippen LogP contribution in [0.15, 0.2) is 29.1 Å². The van der Waals surface area contributed by atoms with Crippen molar-refractivity contribution in [2.45, 2.75) is 26.8 Å². The van der Waals surface area contributed by atoms with Gasteiger partial charge in [0.15, 0.2) is 0 Å². The molecular weight excluding hydrogens is 278 g/mol. The summed E-state index contributed by atoms with van der Waals surface area (Å²) in [5.41, 5.74) is 2.19. The van der Waals surface area contributed by atoms with E-state index in [0.29, 0.717) is 17.3 Å². The number of hydrogen-bond acceptors (Lipinski definition) is 2. The summed E-state index contributed by atoms with van der Waals surface area (Å²) in [6.07, 6.45) is 0.237. The molecule has 0 aliphatic carbocycles. The van der Waals surface area contributed by atoms with E-state index in [1.807, 2.05) is 13.8 Å². The Bertz CT molecular complexity index is 671. The van der Waals surface area contributed by atoms with E-state index in [4.69, 9.17) is 11.6 Å². The van der Waals surface area contributed by atoms with Gasteiger partial charge in [-0.3, -0.25) is 9.36 Å². The zero-order valence-electron chi connectivity index (χ0n) is 11.4. The van der Waals surface area contributed by atoms with E-state index < -0.39 is 0 Å². The summed E-state index contributed by atoms with van der Waals surface area (Å²) in [5.74, 6) is -0.141. The summed E-state index contributed by atoms with van der Waals surface area (Å²) in [5, 5.41) is 3.38. The van der Waals surface area contributed by atoms with Crippen molar-refractivity contribution in [3.8, 4) is 0 Å². The number of amides is 1. The minimum absolute atomic E-state index is 0.141. The van der Waals surface area contributed by atoms with Crippen molar-refractivity contribution in [3.63, 3.8) is 0 Å². The summed E-state index contributed by atoms with van der Waals surface area (Å²) < 4.78 is 1.57. The number of rotatable bonds is 4. The Labute approximate surface area is 121 Å². The number of hydrogen-bond donors (Lipinski definition) is 2. The van der Waals surface area contributed by atoms with Gasteiger partial charge in [-0.25, -0.2) is 4.79 Å². The number of aromatic amines is 1. The first-order valence-corrected chi connectivity index (χ1v) is 6.66. The van der Waals surface area contributed by atoms with Gasteiger partial charge in [0, 0.05) is 35.1 Å². The first-order chi connectivity index (χ1) is 9.47. The van der Waals surface area contributed by atoms with Crippen molar-refractivity contribution >= 4 is 23.2 Å². The van der Waals surface area contributed by atoms with Crippen LogP contribution in [0.25, 0.3) is 0 Å². The van der Waals surface area contributed by atoms with Crippen LogP contribution in [-0.4, -0.2) is 15.5 Å². The molecule has 0 bridgehead atoms. The van der Waals surface area contributed by atoms with Crippen molar-refractivity contribution < 1.29 is 4.79 Å². The maximum atomic E-state index is 11.8. The highest BCUT2D eigenvalue weighted by Crippen LogP contribution is 2.13. The molecule has 0 saturated carbocycles. The molecule has 2 rings (SSSR count). The van der Waals surface area contributed by atoms with Crippen LogP contribution in [0.3, 0.4) is 0 Å². The second-order valence-electron chi connectivity index (χ2n) is 4.60. The lowest BCUT2D eigenvalue weighted by Gasteiger charge is -2.06. The average Bonchev–Trinajstić information content (AvgIpc) is 2.64. The molecule has 0 radical (unpaired) electrons. The summed E-state index contributed by atoms with van der Waals surface area (Å²) in [6, 6.07) is 6.89. The maximum Gasteiger partial charge on any atom is 0.325 e. The molecule has 0 atom stereocenters. The van der Waals surface area contributed by atoms with Gasteiger partial charge in [-0.2, -0.15) is 0 Å². The lowest BCUT2D eigenvalue weighted by Crippen LogP contribution is -2.22. The minimum Gasteiger partial charge on any atom is -0.326 e. The number of imidazole rings is 1. The zero-order valence-corrected chi connectivity index (χ0v) is 12.1. The first-order valence-electron chi connectivity index (χ1n) is 6.29. The van der Waals surface area contributed by atoms with Gasteiger partial charge in [-0.15, -0.1) is 0 Å². The third-order valence-corrected chi connectivity index (χ3v) is 3.43. The van der Waals surface area contributed by atoms with Crippen LogP contribution in [0, 0.1) is 13.8 Å². The number of aromatic nitrogens is 2. The highest BCUT2D eigenvalue weighted by Gasteiger charge is 2.09. The van der Waals surface area contributed by atoms with Crippen LogP contribution < -0.4 is 11.0 Å². The normalized spacial score (nSPS) is 10.6. The van der Waals surface area contributed by atoms with Crippen LogP contribution in [0.5, 0.6) is 0 Å². The fourth-order valence-corrected chi connectivity index (χ4v) is 2.04. The first kappa shape index (κ1) is 14.4. The van der Waals surface area contributed by atoms with Crippen LogP contribution in [0.4, 0.5) is 5.69 Å². The molecule has 2 aromatic rings. The topological polar surface area (TPSA) is 66.9 Å². The standard InChI is InChI=1S/C14H16ClN3O2/c1-9-10(2)18(14(20)16-9)8-7-13(19)17-12-5-3-11(15)4-6-12/h3-6H,7-8H2,1-2H3,(H,16,20)(H,17,19). The molecule has 0 fully saturated rings. The quantitative estimate of drug-likeness (QED) is 0.909. The summed E-state index contributed by atoms with van der Waals surface area (Å²) in [7, 11) is 0. The third kappa shape index (κ3) is 3.30. The van der Waals surface area contributed by atoms with E-state index in [0.717, 1.165) is 11.4 Å². The highest BCUT2D eigenvalue weighted by molar-refractivity contribution is 6.30. The summed E-state index contributed by atoms with van der Waals surface area (Å²) in [4.78, 5) is 26.2. The van der Waals surface area contributed by atoms with Gasteiger partial charge in [0.25, 0.3) is 0 Å². The van der Waals surface area contributed by atoms with E-state index in [9.17, 15) is 9.59 Å². The fourth-order valence-electron chi connectivity index (χ4n) is 1.91. The Hall–Kier alpha value is -2.01. The molecule has 0 spiro atoms. The highest BCUT2D eigenvalue weighted by atomic mass is 35.5. The average molecular weight is 294 g/mol. The number of anilines is 1. The van der Waals surface area contributed by atoms with Crippen LogP contribution in [-0.2, 0) is 11.3 Å². The molecule has 1 amide bonds. The van der Waals surface area contributed by atoms with E-state index in [1.165, 1.54) is 0 Å². The van der Waals surface area contributed by atoms with E-state index in [1.54, 1.807) is 28.8 Å². The number of halogens is 1. The largest absolute Gasteiger partial charge is 0.326 e. The number of benzene rings is 1. The molecule has 20 heavy (non-hydrogen) atoms. The van der Waals surface area contributed by atoms with Gasteiger partial charge >= 0.3 is 5.69 Å². The Morgan fingerprint density at radius 2 is 1.95 bits per heavy atom. The molecule has 6 heteroatoms. The fraction of sp³-hybridized carbons (Fsp3) is 0.286. The molecule has 0 unspecified atom stereocenters. The molecule has 1 aromatic heterocycles. The number of aryl methyl sites for hydroxylation is 1. The lowest BCUT2D eigenvalue weighted by atomic mass is 10.3. The molecule has 106 valence electrons. The van der Waals surface area contributed by atoms with E-state index in [2.05, 4.69) is 10.3 Å². The zero-order chi connectivity index (χ0) is 14.7. The SMILES string of the molecule is Cc1[nH]c(=O)n(CCC(=O)Nc2ccc(Cl)cc2)c1C. The number of nitrogens with zero attached hydrogens (tertiary/aromatic N) is 1. The summed E-state index contributed by atoms with van der Waals surface area (Å²) in [6.45, 7) is 4.04. The van der Waals surface area contributed by atoms with Gasteiger partial charge < -0.3 is 10.3 Å². The van der Waals surface area contributed by atoms with Gasteiger partial charge in [0.1, 0.15) is 0 Å². The van der Waals surface area contributed by atoms with Gasteiger partial charge in [-0.05, 0) is 38.1 Å². The van der Waals surface area contributed by atoms with Crippen LogP contribution in [0.2, 0.25) is 5.02 Å². The number of nitrogens with one attached hydrogen (secondary N) is 2. The van der Waals surface area contributed by atoms with Gasteiger partial charge in [0.2, 0.25) is 5.91 Å². The second kappa shape index (κ2) is 5.96. The van der Waals surface area contributed by atoms with E-state index in [-0.39, 0.29) is 18.0 Å². The van der Waals surface area contributed by atoms with Crippen LogP contribution in [0.1, 0.15) is 17.8 Å². The summed E-state index contributed by atoms with van der Waals surface area (Å²) >= 11 is 5.77. The van der Waals surface area contributed by atoms with Crippen LogP contribution >= 0.6 is 11.6 Å². The van der Waals surface area contributed by atoms with Crippen molar-refractivity contribution in [2.24, 2.45) is 0 Å². The molecule has 1 heterocycles. The minimum atomic E-state index is -0.181. The predicted molar refractivity (Wildman–Crippen MR) is 79.2 cm³/mol. The third-order valence-electron chi connectivity index (χ3n) is 3.18. The molecule has 0 saturated heterocycles. The Morgan fingerprint density at radius 1 is 1.30 bits per heavy atom. The molecule has 1 aromatic carbocycles. The molecular formula is C14H16ClN3O2. The number of H-pyrrole nitrogens is 1. The Balaban J connectivity index is 1.95. The second-order valence-corrected chi connectivity index (χ2v) is 5.03. The Morgan fingerprint density at radius 3 is 2.50 bits per heavy atom. The van der Waals surface area contributed by atoms with Crippen molar-refractivity contribution in [1.82, 2.24) is 9.55 Å². The molecule has 0 aliphatic heterocycles. The van der Waals surface area contributed by atoms with Crippen molar-refractivity contribution in [2.75, 3.05) is 5.32 Å². The number of carbonyl (C=O) groups excluding carboxylic acids is 1. The monoisotopic (exact) mass is 293 g/mol. The lowest BCUT2D eigenvalue weighted by molar-refractivity contribution is -0.116. The smallest absolute Gasteiger partial charge is 0.325 e. The molecule has 0 aliphatic rings. The van der Waals surface area contributed by atoms with Gasteiger partial charge in [0.05, 0.1) is 0 Å². The number of carbonyl (C=O) groups is 1. The molecule has 2 N–H and O–H groups in total. The predicted octanol–water partition coefficient (Wildman–Crippen LogP) is 2.48.